The van der Waals surface area contributed by atoms with Crippen LogP contribution in [0.25, 0.3) is 10.2 Å². The van der Waals surface area contributed by atoms with Crippen LogP contribution in [0.5, 0.6) is 0 Å². The Hall–Kier alpha value is -1.18. The Kier molecular flexibility index (Phi) is 2.99. The number of aromatic nitrogens is 1. The highest BCUT2D eigenvalue weighted by Gasteiger charge is 2.46. The summed E-state index contributed by atoms with van der Waals surface area (Å²) in [5.41, 5.74) is 1.85. The Morgan fingerprint density at radius 1 is 1.42 bits per heavy atom. The molecule has 2 heterocycles. The van der Waals surface area contributed by atoms with Crippen molar-refractivity contribution in [2.24, 2.45) is 5.14 Å². The zero-order valence-corrected chi connectivity index (χ0v) is 11.9. The van der Waals surface area contributed by atoms with Gasteiger partial charge >= 0.3 is 0 Å². The Balaban J connectivity index is 1.85. The molecule has 1 fully saturated rings. The lowest BCUT2D eigenvalue weighted by Crippen LogP contribution is -2.53. The van der Waals surface area contributed by atoms with Gasteiger partial charge < -0.3 is 5.32 Å². The molecule has 2 aromatic rings. The van der Waals surface area contributed by atoms with Crippen LogP contribution in [0.15, 0.2) is 23.7 Å². The Morgan fingerprint density at radius 2 is 2.21 bits per heavy atom. The minimum atomic E-state index is -3.51. The van der Waals surface area contributed by atoms with Crippen molar-refractivity contribution in [3.05, 3.63) is 23.7 Å². The van der Waals surface area contributed by atoms with Gasteiger partial charge in [-0.25, -0.2) is 13.6 Å². The van der Waals surface area contributed by atoms with Crippen molar-refractivity contribution in [2.75, 3.05) is 11.9 Å². The number of anilines is 1. The summed E-state index contributed by atoms with van der Waals surface area (Å²) in [6.45, 7) is 0.364. The highest BCUT2D eigenvalue weighted by Crippen LogP contribution is 2.38. The summed E-state index contributed by atoms with van der Waals surface area (Å²) in [4.78, 5) is 4.26. The summed E-state index contributed by atoms with van der Waals surface area (Å²) in [5, 5.41) is 10.6. The largest absolute Gasteiger partial charge is 0.382 e. The molecule has 1 aliphatic rings. The molecule has 7 heteroatoms. The van der Waals surface area contributed by atoms with E-state index in [1.54, 1.807) is 17.5 Å². The number of nitrogens with two attached hydrogens (primary N) is 1. The molecular weight excluding hydrogens is 282 g/mol. The average Bonchev–Trinajstić information content (AvgIpc) is 2.74. The molecule has 3 rings (SSSR count). The van der Waals surface area contributed by atoms with E-state index in [9.17, 15) is 8.42 Å². The molecule has 102 valence electrons. The fourth-order valence-electron chi connectivity index (χ4n) is 2.40. The van der Waals surface area contributed by atoms with Crippen molar-refractivity contribution in [3.8, 4) is 0 Å². The Labute approximate surface area is 115 Å². The smallest absolute Gasteiger partial charge is 0.216 e. The third-order valence-corrected chi connectivity index (χ3v) is 6.51. The predicted octanol–water partition coefficient (Wildman–Crippen LogP) is 1.92. The van der Waals surface area contributed by atoms with Gasteiger partial charge in [0, 0.05) is 12.7 Å². The maximum absolute atomic E-state index is 11.7. The number of nitrogens with one attached hydrogen (secondary N) is 1. The van der Waals surface area contributed by atoms with Crippen molar-refractivity contribution in [3.63, 3.8) is 0 Å². The topological polar surface area (TPSA) is 85.1 Å². The van der Waals surface area contributed by atoms with E-state index in [1.807, 2.05) is 17.5 Å². The lowest BCUT2D eigenvalue weighted by atomic mass is 9.84. The highest BCUT2D eigenvalue weighted by atomic mass is 32.2. The molecule has 5 nitrogen and oxygen atoms in total. The Bertz CT molecular complexity index is 705. The summed E-state index contributed by atoms with van der Waals surface area (Å²) in [6.07, 6.45) is 3.92. The van der Waals surface area contributed by atoms with E-state index in [2.05, 4.69) is 10.3 Å². The number of nitrogens with zero attached hydrogens (tertiary/aromatic N) is 1. The first-order valence-electron chi connectivity index (χ1n) is 6.10. The molecule has 19 heavy (non-hydrogen) atoms. The van der Waals surface area contributed by atoms with Gasteiger partial charge in [0.05, 0.1) is 15.9 Å². The van der Waals surface area contributed by atoms with Gasteiger partial charge in [-0.2, -0.15) is 0 Å². The first-order chi connectivity index (χ1) is 9.02. The van der Waals surface area contributed by atoms with Gasteiger partial charge in [-0.3, -0.25) is 4.98 Å². The zero-order valence-electron chi connectivity index (χ0n) is 10.3. The lowest BCUT2D eigenvalue weighted by molar-refractivity contribution is 0.351. The van der Waals surface area contributed by atoms with Crippen molar-refractivity contribution in [1.29, 1.82) is 0 Å². The predicted molar refractivity (Wildman–Crippen MR) is 77.8 cm³/mol. The van der Waals surface area contributed by atoms with Crippen molar-refractivity contribution >= 4 is 37.3 Å². The molecule has 0 spiro atoms. The van der Waals surface area contributed by atoms with Crippen LogP contribution in [0.2, 0.25) is 0 Å². The van der Waals surface area contributed by atoms with Crippen LogP contribution in [0.3, 0.4) is 0 Å². The molecular formula is C12H15N3O2S2. The monoisotopic (exact) mass is 297 g/mol. The number of rotatable bonds is 4. The van der Waals surface area contributed by atoms with Gasteiger partial charge in [0.2, 0.25) is 10.0 Å². The zero-order chi connectivity index (χ0) is 13.5. The van der Waals surface area contributed by atoms with E-state index in [0.717, 1.165) is 22.3 Å². The maximum Gasteiger partial charge on any atom is 0.216 e. The van der Waals surface area contributed by atoms with Gasteiger partial charge in [-0.1, -0.05) is 6.42 Å². The molecule has 0 unspecified atom stereocenters. The van der Waals surface area contributed by atoms with Crippen molar-refractivity contribution in [2.45, 2.75) is 24.0 Å². The molecule has 3 N–H and O–H groups in total. The summed E-state index contributed by atoms with van der Waals surface area (Å²) < 4.78 is 23.7. The van der Waals surface area contributed by atoms with Gasteiger partial charge in [0.25, 0.3) is 0 Å². The summed E-state index contributed by atoms with van der Waals surface area (Å²) in [7, 11) is -3.51. The fraction of sp³-hybridized carbons (Fsp3) is 0.417. The van der Waals surface area contributed by atoms with E-state index >= 15 is 0 Å². The first-order valence-corrected chi connectivity index (χ1v) is 8.53. The molecule has 1 saturated carbocycles. The summed E-state index contributed by atoms with van der Waals surface area (Å²) in [5.74, 6) is 0. The van der Waals surface area contributed by atoms with E-state index in [4.69, 9.17) is 5.14 Å². The number of primary sulfonamides is 1. The number of thiophene rings is 1. The highest BCUT2D eigenvalue weighted by molar-refractivity contribution is 7.90. The summed E-state index contributed by atoms with van der Waals surface area (Å²) >= 11 is 1.59. The van der Waals surface area contributed by atoms with Crippen molar-refractivity contribution < 1.29 is 8.42 Å². The van der Waals surface area contributed by atoms with Gasteiger partial charge in [0.15, 0.2) is 0 Å². The molecule has 0 bridgehead atoms. The second kappa shape index (κ2) is 4.43. The second-order valence-electron chi connectivity index (χ2n) is 4.93. The van der Waals surface area contributed by atoms with Gasteiger partial charge in [-0.05, 0) is 30.4 Å². The first kappa shape index (κ1) is 12.8. The van der Waals surface area contributed by atoms with Gasteiger partial charge in [-0.15, -0.1) is 11.3 Å². The van der Waals surface area contributed by atoms with Crippen LogP contribution in [0.1, 0.15) is 19.3 Å². The fourth-order valence-corrected chi connectivity index (χ4v) is 4.37. The van der Waals surface area contributed by atoms with E-state index < -0.39 is 14.8 Å². The van der Waals surface area contributed by atoms with E-state index in [0.29, 0.717) is 19.4 Å². The third kappa shape index (κ3) is 2.11. The second-order valence-corrected chi connectivity index (χ2v) is 7.80. The Morgan fingerprint density at radius 3 is 2.84 bits per heavy atom. The number of pyridine rings is 1. The molecule has 0 aliphatic heterocycles. The van der Waals surface area contributed by atoms with Crippen LogP contribution >= 0.6 is 11.3 Å². The standard InChI is InChI=1S/C12H15N3O2S2/c13-19(16,17)12(4-1-5-12)8-15-9-2-6-14-10-3-7-18-11(9)10/h2-3,6-7H,1,4-5,8H2,(H,14,15)(H2,13,16,17). The van der Waals surface area contributed by atoms with Crippen LogP contribution in [0, 0.1) is 0 Å². The van der Waals surface area contributed by atoms with Crippen LogP contribution in [-0.4, -0.2) is 24.7 Å². The number of hydrogen-bond donors (Lipinski definition) is 2. The van der Waals surface area contributed by atoms with Crippen LogP contribution < -0.4 is 10.5 Å². The minimum absolute atomic E-state index is 0.364. The molecule has 0 saturated heterocycles. The van der Waals surface area contributed by atoms with Crippen molar-refractivity contribution in [1.82, 2.24) is 4.98 Å². The maximum atomic E-state index is 11.7. The number of sulfonamides is 1. The number of hydrogen-bond acceptors (Lipinski definition) is 5. The molecule has 0 amide bonds. The minimum Gasteiger partial charge on any atom is -0.382 e. The molecule has 1 aliphatic carbocycles. The average molecular weight is 297 g/mol. The van der Waals surface area contributed by atoms with Crippen LogP contribution in [0.4, 0.5) is 5.69 Å². The van der Waals surface area contributed by atoms with Gasteiger partial charge in [0.1, 0.15) is 4.75 Å². The lowest BCUT2D eigenvalue weighted by Gasteiger charge is -2.39. The summed E-state index contributed by atoms with van der Waals surface area (Å²) in [6, 6.07) is 3.82. The molecule has 0 aromatic carbocycles. The molecule has 2 aromatic heterocycles. The molecule has 0 atom stereocenters. The third-order valence-electron chi connectivity index (χ3n) is 3.81. The molecule has 0 radical (unpaired) electrons. The number of fused-ring (bicyclic) bond motifs is 1. The van der Waals surface area contributed by atoms with E-state index in [-0.39, 0.29) is 0 Å². The SMILES string of the molecule is NS(=O)(=O)C1(CNc2ccnc3ccsc23)CCC1. The van der Waals surface area contributed by atoms with E-state index in [1.165, 1.54) is 0 Å². The quantitative estimate of drug-likeness (QED) is 0.903. The van der Waals surface area contributed by atoms with Crippen LogP contribution in [-0.2, 0) is 10.0 Å². The normalized spacial score (nSPS) is 18.2.